The van der Waals surface area contributed by atoms with Crippen LogP contribution in [0.3, 0.4) is 0 Å². The van der Waals surface area contributed by atoms with Crippen LogP contribution >= 0.6 is 11.3 Å². The van der Waals surface area contributed by atoms with Gasteiger partial charge < -0.3 is 11.1 Å². The van der Waals surface area contributed by atoms with Gasteiger partial charge >= 0.3 is 0 Å². The molecule has 0 aromatic carbocycles. The monoisotopic (exact) mass is 442 g/mol. The van der Waals surface area contributed by atoms with Crippen LogP contribution in [-0.4, -0.2) is 50.9 Å². The van der Waals surface area contributed by atoms with Crippen molar-refractivity contribution in [3.8, 4) is 0 Å². The van der Waals surface area contributed by atoms with E-state index in [1.165, 1.54) is 11.8 Å². The summed E-state index contributed by atoms with van der Waals surface area (Å²) in [5.74, 6) is -0.550. The zero-order chi connectivity index (χ0) is 22.5. The number of fused-ring (bicyclic) bond motifs is 1. The standard InChI is InChI=1S/C22H30N6O2S/c1-5-27(6-2)19(16-9-10-31-13-16)12-24-20(29)8-7-17-14(3)26-22-18(21(23)30)11-25-28(22)15(17)4/h9-11,13,19H,5-8,12H2,1-4H3,(H2,23,30)(H,24,29). The maximum Gasteiger partial charge on any atom is 0.254 e. The summed E-state index contributed by atoms with van der Waals surface area (Å²) < 4.78 is 1.62. The summed E-state index contributed by atoms with van der Waals surface area (Å²) in [5.41, 5.74) is 9.99. The van der Waals surface area contributed by atoms with E-state index in [9.17, 15) is 9.59 Å². The van der Waals surface area contributed by atoms with E-state index in [0.717, 1.165) is 30.0 Å². The molecule has 0 aliphatic carbocycles. The molecule has 3 heterocycles. The average molecular weight is 443 g/mol. The minimum Gasteiger partial charge on any atom is -0.365 e. The first-order valence-corrected chi connectivity index (χ1v) is 11.5. The van der Waals surface area contributed by atoms with Crippen molar-refractivity contribution in [2.24, 2.45) is 5.73 Å². The molecule has 0 saturated carbocycles. The van der Waals surface area contributed by atoms with Crippen LogP contribution in [0.2, 0.25) is 0 Å². The number of rotatable bonds is 10. The molecule has 0 spiro atoms. The number of hydrogen-bond acceptors (Lipinski definition) is 6. The molecule has 8 nitrogen and oxygen atoms in total. The second-order valence-corrected chi connectivity index (χ2v) is 8.30. The highest BCUT2D eigenvalue weighted by atomic mass is 32.1. The molecule has 0 fully saturated rings. The number of nitrogens with two attached hydrogens (primary N) is 1. The first-order valence-electron chi connectivity index (χ1n) is 10.5. The summed E-state index contributed by atoms with van der Waals surface area (Å²) >= 11 is 1.67. The lowest BCUT2D eigenvalue weighted by Crippen LogP contribution is -2.38. The van der Waals surface area contributed by atoms with Gasteiger partial charge in [0.15, 0.2) is 5.65 Å². The highest BCUT2D eigenvalue weighted by Gasteiger charge is 2.20. The van der Waals surface area contributed by atoms with Gasteiger partial charge in [-0.1, -0.05) is 13.8 Å². The van der Waals surface area contributed by atoms with Gasteiger partial charge in [0.1, 0.15) is 5.56 Å². The molecule has 9 heteroatoms. The zero-order valence-electron chi connectivity index (χ0n) is 18.5. The fraction of sp³-hybridized carbons (Fsp3) is 0.455. The molecular formula is C22H30N6O2S. The maximum atomic E-state index is 12.6. The minimum absolute atomic E-state index is 0.00423. The molecule has 0 bridgehead atoms. The second kappa shape index (κ2) is 10.0. The first kappa shape index (κ1) is 22.9. The Kier molecular flexibility index (Phi) is 7.40. The number of aromatic nitrogens is 3. The van der Waals surface area contributed by atoms with Crippen molar-refractivity contribution >= 4 is 28.8 Å². The Labute approximate surface area is 186 Å². The molecule has 0 saturated heterocycles. The lowest BCUT2D eigenvalue weighted by Gasteiger charge is -2.29. The Morgan fingerprint density at radius 2 is 2.03 bits per heavy atom. The van der Waals surface area contributed by atoms with E-state index < -0.39 is 5.91 Å². The van der Waals surface area contributed by atoms with E-state index in [-0.39, 0.29) is 11.9 Å². The summed E-state index contributed by atoms with van der Waals surface area (Å²) in [5, 5.41) is 11.6. The smallest absolute Gasteiger partial charge is 0.254 e. The predicted molar refractivity (Wildman–Crippen MR) is 122 cm³/mol. The van der Waals surface area contributed by atoms with Crippen molar-refractivity contribution in [3.63, 3.8) is 0 Å². The summed E-state index contributed by atoms with van der Waals surface area (Å²) in [6.07, 6.45) is 2.34. The number of carbonyl (C=O) groups excluding carboxylic acids is 2. The third kappa shape index (κ3) is 4.94. The summed E-state index contributed by atoms with van der Waals surface area (Å²) in [7, 11) is 0. The Balaban J connectivity index is 1.68. The van der Waals surface area contributed by atoms with Crippen molar-refractivity contribution in [2.75, 3.05) is 19.6 Å². The van der Waals surface area contributed by atoms with Gasteiger partial charge in [0.25, 0.3) is 5.91 Å². The van der Waals surface area contributed by atoms with Gasteiger partial charge in [-0.15, -0.1) is 0 Å². The molecule has 0 aliphatic heterocycles. The minimum atomic E-state index is -0.554. The fourth-order valence-electron chi connectivity index (χ4n) is 3.97. The van der Waals surface area contributed by atoms with Crippen LogP contribution in [0.1, 0.15) is 59.2 Å². The Hall–Kier alpha value is -2.78. The second-order valence-electron chi connectivity index (χ2n) is 7.52. The van der Waals surface area contributed by atoms with Crippen LogP contribution in [0.25, 0.3) is 5.65 Å². The lowest BCUT2D eigenvalue weighted by atomic mass is 10.1. The van der Waals surface area contributed by atoms with E-state index in [1.54, 1.807) is 15.9 Å². The molecule has 3 aromatic rings. The number of aryl methyl sites for hydroxylation is 2. The molecule has 1 atom stereocenters. The number of nitrogens with zero attached hydrogens (tertiary/aromatic N) is 4. The van der Waals surface area contributed by atoms with E-state index in [1.807, 2.05) is 13.8 Å². The van der Waals surface area contributed by atoms with E-state index in [4.69, 9.17) is 5.73 Å². The van der Waals surface area contributed by atoms with Gasteiger partial charge in [0, 0.05) is 24.4 Å². The molecule has 0 aliphatic rings. The van der Waals surface area contributed by atoms with Crippen LogP contribution in [0, 0.1) is 13.8 Å². The summed E-state index contributed by atoms with van der Waals surface area (Å²) in [6.45, 7) is 10.5. The van der Waals surface area contributed by atoms with Gasteiger partial charge in [-0.3, -0.25) is 14.5 Å². The van der Waals surface area contributed by atoms with Crippen molar-refractivity contribution in [3.05, 3.63) is 51.1 Å². The Bertz CT molecular complexity index is 1060. The van der Waals surface area contributed by atoms with E-state index in [0.29, 0.717) is 30.6 Å². The van der Waals surface area contributed by atoms with Gasteiger partial charge in [-0.05, 0) is 61.3 Å². The number of hydrogen-bond donors (Lipinski definition) is 2. The fourth-order valence-corrected chi connectivity index (χ4v) is 4.68. The average Bonchev–Trinajstić information content (AvgIpc) is 3.41. The van der Waals surface area contributed by atoms with E-state index >= 15 is 0 Å². The quantitative estimate of drug-likeness (QED) is 0.502. The first-order chi connectivity index (χ1) is 14.9. The van der Waals surface area contributed by atoms with Crippen molar-refractivity contribution in [1.82, 2.24) is 24.8 Å². The highest BCUT2D eigenvalue weighted by Crippen LogP contribution is 2.22. The maximum absolute atomic E-state index is 12.6. The lowest BCUT2D eigenvalue weighted by molar-refractivity contribution is -0.121. The third-order valence-electron chi connectivity index (χ3n) is 5.75. The predicted octanol–water partition coefficient (Wildman–Crippen LogP) is 2.64. The zero-order valence-corrected chi connectivity index (χ0v) is 19.3. The van der Waals surface area contributed by atoms with Gasteiger partial charge in [-0.2, -0.15) is 16.4 Å². The topological polar surface area (TPSA) is 106 Å². The van der Waals surface area contributed by atoms with Gasteiger partial charge in [-0.25, -0.2) is 9.50 Å². The largest absolute Gasteiger partial charge is 0.365 e. The summed E-state index contributed by atoms with van der Waals surface area (Å²) in [6, 6.07) is 2.29. The van der Waals surface area contributed by atoms with Gasteiger partial charge in [0.2, 0.25) is 5.91 Å². The van der Waals surface area contributed by atoms with Crippen molar-refractivity contribution < 1.29 is 9.59 Å². The molecule has 0 radical (unpaired) electrons. The number of thiophene rings is 1. The Morgan fingerprint density at radius 3 is 2.65 bits per heavy atom. The molecule has 31 heavy (non-hydrogen) atoms. The Morgan fingerprint density at radius 1 is 1.29 bits per heavy atom. The SMILES string of the molecule is CCN(CC)C(CNC(=O)CCc1c(C)nc2c(C(N)=O)cnn2c1C)c1ccsc1. The molecule has 1 unspecified atom stereocenters. The van der Waals surface area contributed by atoms with Crippen LogP contribution < -0.4 is 11.1 Å². The van der Waals surface area contributed by atoms with Crippen LogP contribution in [0.5, 0.6) is 0 Å². The van der Waals surface area contributed by atoms with E-state index in [2.05, 4.69) is 51.0 Å². The molecule has 3 aromatic heterocycles. The molecule has 166 valence electrons. The molecular weight excluding hydrogens is 412 g/mol. The van der Waals surface area contributed by atoms with Crippen molar-refractivity contribution in [1.29, 1.82) is 0 Å². The third-order valence-corrected chi connectivity index (χ3v) is 6.45. The number of likely N-dealkylation sites (N-methyl/N-ethyl adjacent to an activating group) is 1. The number of nitrogens with one attached hydrogen (secondary N) is 1. The van der Waals surface area contributed by atoms with Crippen molar-refractivity contribution in [2.45, 2.75) is 46.6 Å². The number of primary amides is 1. The van der Waals surface area contributed by atoms with Crippen LogP contribution in [0.15, 0.2) is 23.0 Å². The number of carbonyl (C=O) groups is 2. The molecule has 3 rings (SSSR count). The van der Waals surface area contributed by atoms with Crippen LogP contribution in [0.4, 0.5) is 0 Å². The summed E-state index contributed by atoms with van der Waals surface area (Å²) in [4.78, 5) is 31.1. The normalized spacial score (nSPS) is 12.4. The van der Waals surface area contributed by atoms with Gasteiger partial charge in [0.05, 0.1) is 12.2 Å². The number of amides is 2. The molecule has 3 N–H and O–H groups in total. The molecule has 2 amide bonds. The highest BCUT2D eigenvalue weighted by molar-refractivity contribution is 7.08. The van der Waals surface area contributed by atoms with Crippen LogP contribution in [-0.2, 0) is 11.2 Å².